The standard InChI is InChI=1S/C33H24O9/c1-16-10-21(34)31-24(37)14-28(41-29(31)11-16)18-6-9-26(40-3)20(12-18)30-22(35)13-23(36)32-25(38)15-27(42-33(30)32)17-4-7-19(39-2)8-5-17/h4-15,34-36H,1-3H3. The Bertz CT molecular complexity index is 2140. The van der Waals surface area contributed by atoms with Crippen molar-refractivity contribution in [3.05, 3.63) is 98.8 Å². The van der Waals surface area contributed by atoms with Crippen LogP contribution in [0.15, 0.2) is 91.2 Å². The van der Waals surface area contributed by atoms with Gasteiger partial charge in [0.15, 0.2) is 16.4 Å². The SMILES string of the molecule is COc1ccc(-c2cc(=O)c3c(O)cc(O)c(-c4cc(-c5cc(=O)c6c(O)cc(C)cc6o5)ccc4OC)c3o2)cc1. The molecule has 2 aromatic heterocycles. The molecule has 0 atom stereocenters. The summed E-state index contributed by atoms with van der Waals surface area (Å²) >= 11 is 0. The van der Waals surface area contributed by atoms with Crippen molar-refractivity contribution in [2.45, 2.75) is 6.92 Å². The first-order valence-corrected chi connectivity index (χ1v) is 12.8. The summed E-state index contributed by atoms with van der Waals surface area (Å²) in [5.41, 5.74) is 1.30. The van der Waals surface area contributed by atoms with E-state index in [-0.39, 0.29) is 50.5 Å². The Balaban J connectivity index is 1.61. The van der Waals surface area contributed by atoms with Crippen LogP contribution < -0.4 is 20.3 Å². The van der Waals surface area contributed by atoms with Crippen molar-refractivity contribution in [2.75, 3.05) is 14.2 Å². The van der Waals surface area contributed by atoms with Crippen LogP contribution in [0.5, 0.6) is 28.7 Å². The highest BCUT2D eigenvalue weighted by molar-refractivity contribution is 6.01. The molecular formula is C33H24O9. The molecule has 0 saturated heterocycles. The number of aryl methyl sites for hydroxylation is 1. The smallest absolute Gasteiger partial charge is 0.197 e. The molecule has 9 heteroatoms. The number of phenols is 3. The van der Waals surface area contributed by atoms with Crippen LogP contribution in [-0.2, 0) is 0 Å². The molecule has 2 heterocycles. The van der Waals surface area contributed by atoms with Crippen LogP contribution in [0.3, 0.4) is 0 Å². The zero-order valence-corrected chi connectivity index (χ0v) is 22.7. The fourth-order valence-corrected chi connectivity index (χ4v) is 5.06. The molecule has 0 fully saturated rings. The minimum absolute atomic E-state index is 0.0631. The minimum atomic E-state index is -0.522. The first-order valence-electron chi connectivity index (χ1n) is 12.8. The summed E-state index contributed by atoms with van der Waals surface area (Å²) in [6.45, 7) is 1.77. The molecule has 0 amide bonds. The lowest BCUT2D eigenvalue weighted by Crippen LogP contribution is -2.03. The lowest BCUT2D eigenvalue weighted by Gasteiger charge is -2.15. The van der Waals surface area contributed by atoms with Gasteiger partial charge in [0.2, 0.25) is 0 Å². The zero-order chi connectivity index (χ0) is 29.7. The molecule has 9 nitrogen and oxygen atoms in total. The van der Waals surface area contributed by atoms with Crippen LogP contribution in [0.4, 0.5) is 0 Å². The lowest BCUT2D eigenvalue weighted by atomic mass is 9.96. The van der Waals surface area contributed by atoms with E-state index < -0.39 is 16.6 Å². The highest BCUT2D eigenvalue weighted by Crippen LogP contribution is 2.45. The maximum absolute atomic E-state index is 13.2. The Hall–Kier alpha value is -5.70. The van der Waals surface area contributed by atoms with Gasteiger partial charge in [0.05, 0.1) is 19.8 Å². The van der Waals surface area contributed by atoms with Gasteiger partial charge >= 0.3 is 0 Å². The second kappa shape index (κ2) is 10.0. The van der Waals surface area contributed by atoms with Gasteiger partial charge in [-0.25, -0.2) is 0 Å². The van der Waals surface area contributed by atoms with Crippen molar-refractivity contribution in [1.29, 1.82) is 0 Å². The maximum atomic E-state index is 13.2. The summed E-state index contributed by atoms with van der Waals surface area (Å²) in [6.07, 6.45) is 0. The van der Waals surface area contributed by atoms with Crippen LogP contribution in [-0.4, -0.2) is 29.5 Å². The third kappa shape index (κ3) is 4.37. The summed E-state index contributed by atoms with van der Waals surface area (Å²) in [6, 6.07) is 18.5. The van der Waals surface area contributed by atoms with Crippen molar-refractivity contribution in [2.24, 2.45) is 0 Å². The molecule has 6 aromatic rings. The second-order valence-electron chi connectivity index (χ2n) is 9.74. The van der Waals surface area contributed by atoms with Crippen LogP contribution >= 0.6 is 0 Å². The van der Waals surface area contributed by atoms with Crippen molar-refractivity contribution in [3.63, 3.8) is 0 Å². The largest absolute Gasteiger partial charge is 0.507 e. The number of phenolic OH excluding ortho intramolecular Hbond substituents is 3. The quantitative estimate of drug-likeness (QED) is 0.219. The lowest BCUT2D eigenvalue weighted by molar-refractivity contribution is 0.415. The average molecular weight is 565 g/mol. The summed E-state index contributed by atoms with van der Waals surface area (Å²) in [4.78, 5) is 26.2. The Kier molecular flexibility index (Phi) is 6.34. The van der Waals surface area contributed by atoms with Crippen LogP contribution in [0.2, 0.25) is 0 Å². The Morgan fingerprint density at radius 2 is 1.29 bits per heavy atom. The van der Waals surface area contributed by atoms with Gasteiger partial charge in [0, 0.05) is 34.9 Å². The summed E-state index contributed by atoms with van der Waals surface area (Å²) in [5, 5.41) is 32.0. The van der Waals surface area contributed by atoms with Crippen molar-refractivity contribution in [3.8, 4) is 62.5 Å². The molecule has 6 rings (SSSR count). The molecule has 0 unspecified atom stereocenters. The van der Waals surface area contributed by atoms with Gasteiger partial charge in [-0.2, -0.15) is 0 Å². The van der Waals surface area contributed by atoms with E-state index in [1.54, 1.807) is 62.6 Å². The zero-order valence-electron chi connectivity index (χ0n) is 22.7. The first kappa shape index (κ1) is 26.5. The molecule has 0 aliphatic heterocycles. The minimum Gasteiger partial charge on any atom is -0.507 e. The number of benzene rings is 4. The van der Waals surface area contributed by atoms with Gasteiger partial charge < -0.3 is 33.6 Å². The number of hydrogen-bond acceptors (Lipinski definition) is 9. The Morgan fingerprint density at radius 1 is 0.643 bits per heavy atom. The van der Waals surface area contributed by atoms with Gasteiger partial charge in [0.25, 0.3) is 0 Å². The van der Waals surface area contributed by atoms with Crippen LogP contribution in [0.1, 0.15) is 5.56 Å². The molecule has 0 radical (unpaired) electrons. The van der Waals surface area contributed by atoms with Crippen molar-refractivity contribution < 1.29 is 33.6 Å². The number of methoxy groups -OCH3 is 2. The third-order valence-corrected chi connectivity index (χ3v) is 7.04. The van der Waals surface area contributed by atoms with Crippen molar-refractivity contribution in [1.82, 2.24) is 0 Å². The van der Waals surface area contributed by atoms with E-state index in [2.05, 4.69) is 0 Å². The molecule has 0 spiro atoms. The van der Waals surface area contributed by atoms with E-state index in [9.17, 15) is 24.9 Å². The maximum Gasteiger partial charge on any atom is 0.197 e. The van der Waals surface area contributed by atoms with Gasteiger partial charge in [-0.05, 0) is 67.1 Å². The summed E-state index contributed by atoms with van der Waals surface area (Å²) in [7, 11) is 2.98. The van der Waals surface area contributed by atoms with Gasteiger partial charge in [-0.3, -0.25) is 9.59 Å². The predicted molar refractivity (Wildman–Crippen MR) is 158 cm³/mol. The topological polar surface area (TPSA) is 140 Å². The molecule has 0 aliphatic rings. The average Bonchev–Trinajstić information content (AvgIpc) is 2.96. The van der Waals surface area contributed by atoms with Gasteiger partial charge in [0.1, 0.15) is 56.6 Å². The van der Waals surface area contributed by atoms with E-state index in [1.165, 1.54) is 25.3 Å². The summed E-state index contributed by atoms with van der Waals surface area (Å²) < 4.78 is 23.0. The van der Waals surface area contributed by atoms with Crippen LogP contribution in [0, 0.1) is 6.92 Å². The Labute approximate surface area is 238 Å². The number of aromatic hydroxyl groups is 3. The van der Waals surface area contributed by atoms with E-state index >= 15 is 0 Å². The number of rotatable bonds is 5. The molecule has 4 aromatic carbocycles. The Morgan fingerprint density at radius 3 is 1.98 bits per heavy atom. The van der Waals surface area contributed by atoms with Gasteiger partial charge in [-0.1, -0.05) is 0 Å². The normalized spacial score (nSPS) is 11.2. The second-order valence-corrected chi connectivity index (χ2v) is 9.74. The van der Waals surface area contributed by atoms with E-state index in [1.807, 2.05) is 0 Å². The monoisotopic (exact) mass is 564 g/mol. The molecule has 0 bridgehead atoms. The molecular weight excluding hydrogens is 540 g/mol. The number of fused-ring (bicyclic) bond motifs is 2. The molecule has 42 heavy (non-hydrogen) atoms. The highest BCUT2D eigenvalue weighted by atomic mass is 16.5. The summed E-state index contributed by atoms with van der Waals surface area (Å²) in [5.74, 6) is 0.332. The predicted octanol–water partition coefficient (Wildman–Crippen LogP) is 6.34. The molecule has 0 aliphatic carbocycles. The fraction of sp³-hybridized carbons (Fsp3) is 0.0909. The first-order chi connectivity index (χ1) is 20.2. The molecule has 210 valence electrons. The fourth-order valence-electron chi connectivity index (χ4n) is 5.06. The van der Waals surface area contributed by atoms with E-state index in [0.717, 1.165) is 6.07 Å². The van der Waals surface area contributed by atoms with Crippen LogP contribution in [0.25, 0.3) is 55.7 Å². The van der Waals surface area contributed by atoms with E-state index in [4.69, 9.17) is 18.3 Å². The highest BCUT2D eigenvalue weighted by Gasteiger charge is 2.23. The molecule has 0 saturated carbocycles. The van der Waals surface area contributed by atoms with E-state index in [0.29, 0.717) is 33.8 Å². The number of hydrogen-bond donors (Lipinski definition) is 3. The number of ether oxygens (including phenoxy) is 2. The van der Waals surface area contributed by atoms with Gasteiger partial charge in [-0.15, -0.1) is 0 Å². The van der Waals surface area contributed by atoms with Crippen molar-refractivity contribution >= 4 is 21.9 Å². The molecule has 3 N–H and O–H groups in total. The third-order valence-electron chi connectivity index (χ3n) is 7.04.